The summed E-state index contributed by atoms with van der Waals surface area (Å²) in [5.74, 6) is 0.880. The second-order valence-electron chi connectivity index (χ2n) is 20.3. The third-order valence-electron chi connectivity index (χ3n) is 13.3. The Labute approximate surface area is 393 Å². The molecule has 0 saturated heterocycles. The molecule has 6 nitrogen and oxygen atoms in total. The van der Waals surface area contributed by atoms with Gasteiger partial charge in [-0.1, -0.05) is 279 Å². The molecule has 6 heteroatoms. The van der Waals surface area contributed by atoms with Crippen molar-refractivity contribution in [3.63, 3.8) is 0 Å². The van der Waals surface area contributed by atoms with Crippen molar-refractivity contribution in [3.8, 4) is 0 Å². The van der Waals surface area contributed by atoms with Crippen molar-refractivity contribution >= 4 is 17.9 Å². The number of rotatable bonds is 51. The van der Waals surface area contributed by atoms with Crippen molar-refractivity contribution in [1.82, 2.24) is 0 Å². The van der Waals surface area contributed by atoms with Crippen LogP contribution in [0.15, 0.2) is 0 Å². The van der Waals surface area contributed by atoms with Gasteiger partial charge in [0.1, 0.15) is 13.2 Å². The van der Waals surface area contributed by atoms with Crippen LogP contribution < -0.4 is 0 Å². The van der Waals surface area contributed by atoms with Crippen molar-refractivity contribution in [2.45, 2.75) is 323 Å². The lowest BCUT2D eigenvalue weighted by Gasteiger charge is -2.18. The maximum absolute atomic E-state index is 12.8. The zero-order valence-electron chi connectivity index (χ0n) is 43.2. The lowest BCUT2D eigenvalue weighted by atomic mass is 9.99. The molecule has 0 saturated carbocycles. The summed E-state index contributed by atoms with van der Waals surface area (Å²) in [7, 11) is 0. The van der Waals surface area contributed by atoms with Crippen LogP contribution in [0.1, 0.15) is 317 Å². The van der Waals surface area contributed by atoms with Gasteiger partial charge in [-0.3, -0.25) is 14.4 Å². The lowest BCUT2D eigenvalue weighted by Crippen LogP contribution is -2.30. The van der Waals surface area contributed by atoms with Crippen molar-refractivity contribution in [2.75, 3.05) is 13.2 Å². The molecule has 0 N–H and O–H groups in total. The fraction of sp³-hybridized carbons (Fsp3) is 0.947. The molecule has 0 aliphatic carbocycles. The van der Waals surface area contributed by atoms with E-state index in [-0.39, 0.29) is 31.1 Å². The second kappa shape index (κ2) is 49.8. The van der Waals surface area contributed by atoms with Gasteiger partial charge in [0.25, 0.3) is 0 Å². The number of hydrogen-bond donors (Lipinski definition) is 0. The maximum Gasteiger partial charge on any atom is 0.306 e. The Morgan fingerprint density at radius 3 is 0.905 bits per heavy atom. The monoisotopic (exact) mass is 891 g/mol. The number of carbonyl (C=O) groups excluding carboxylic acids is 3. The SMILES string of the molecule is CCCCCCCCCCCCCCC(=O)OC[C@H](COC(=O)CCCCCCCCCCCCC(C)CC)OC(=O)CCCCCCCCCCCCCCCCCCC(C)C. The Bertz CT molecular complexity index is 964. The zero-order chi connectivity index (χ0) is 46.1. The van der Waals surface area contributed by atoms with Gasteiger partial charge in [-0.25, -0.2) is 0 Å². The molecule has 0 heterocycles. The van der Waals surface area contributed by atoms with Crippen LogP contribution in [0.3, 0.4) is 0 Å². The molecule has 63 heavy (non-hydrogen) atoms. The number of hydrogen-bond acceptors (Lipinski definition) is 6. The van der Waals surface area contributed by atoms with Gasteiger partial charge in [0.05, 0.1) is 0 Å². The zero-order valence-corrected chi connectivity index (χ0v) is 43.2. The Hall–Kier alpha value is -1.59. The van der Waals surface area contributed by atoms with E-state index in [2.05, 4.69) is 34.6 Å². The van der Waals surface area contributed by atoms with Crippen LogP contribution in [0, 0.1) is 11.8 Å². The molecule has 0 spiro atoms. The van der Waals surface area contributed by atoms with Gasteiger partial charge in [-0.05, 0) is 31.1 Å². The Kier molecular flexibility index (Phi) is 48.6. The van der Waals surface area contributed by atoms with E-state index in [0.29, 0.717) is 19.3 Å². The molecule has 2 atom stereocenters. The van der Waals surface area contributed by atoms with E-state index in [1.807, 2.05) is 0 Å². The molecular formula is C57H110O6. The van der Waals surface area contributed by atoms with Crippen LogP contribution in [-0.2, 0) is 28.6 Å². The molecule has 0 fully saturated rings. The van der Waals surface area contributed by atoms with E-state index in [4.69, 9.17) is 14.2 Å². The molecule has 0 bridgehead atoms. The van der Waals surface area contributed by atoms with Crippen molar-refractivity contribution < 1.29 is 28.6 Å². The van der Waals surface area contributed by atoms with Crippen LogP contribution in [0.5, 0.6) is 0 Å². The van der Waals surface area contributed by atoms with Crippen LogP contribution in [0.2, 0.25) is 0 Å². The summed E-state index contributed by atoms with van der Waals surface area (Å²) in [5.41, 5.74) is 0. The summed E-state index contributed by atoms with van der Waals surface area (Å²) < 4.78 is 16.9. The van der Waals surface area contributed by atoms with E-state index in [0.717, 1.165) is 69.6 Å². The van der Waals surface area contributed by atoms with E-state index >= 15 is 0 Å². The number of unbranched alkanes of at least 4 members (excludes halogenated alkanes) is 35. The van der Waals surface area contributed by atoms with Crippen molar-refractivity contribution in [2.24, 2.45) is 11.8 Å². The van der Waals surface area contributed by atoms with Crippen LogP contribution in [-0.4, -0.2) is 37.2 Å². The third-order valence-corrected chi connectivity index (χ3v) is 13.3. The first kappa shape index (κ1) is 61.4. The average Bonchev–Trinajstić information content (AvgIpc) is 3.27. The highest BCUT2D eigenvalue weighted by atomic mass is 16.6. The van der Waals surface area contributed by atoms with Gasteiger partial charge in [0.2, 0.25) is 0 Å². The lowest BCUT2D eigenvalue weighted by molar-refractivity contribution is -0.167. The minimum Gasteiger partial charge on any atom is -0.462 e. The molecule has 0 aliphatic rings. The Balaban J connectivity index is 4.28. The van der Waals surface area contributed by atoms with Gasteiger partial charge in [0.15, 0.2) is 6.10 Å². The average molecular weight is 892 g/mol. The Morgan fingerprint density at radius 1 is 0.333 bits per heavy atom. The van der Waals surface area contributed by atoms with Gasteiger partial charge >= 0.3 is 17.9 Å². The summed E-state index contributed by atoms with van der Waals surface area (Å²) in [6.07, 6.45) is 52.3. The highest BCUT2D eigenvalue weighted by Crippen LogP contribution is 2.18. The summed E-state index contributed by atoms with van der Waals surface area (Å²) in [6, 6.07) is 0. The molecule has 0 amide bonds. The number of carbonyl (C=O) groups is 3. The summed E-state index contributed by atoms with van der Waals surface area (Å²) in [4.78, 5) is 38.1. The predicted molar refractivity (Wildman–Crippen MR) is 270 cm³/mol. The highest BCUT2D eigenvalue weighted by molar-refractivity contribution is 5.71. The van der Waals surface area contributed by atoms with E-state index in [1.165, 1.54) is 205 Å². The standard InChI is InChI=1S/C57H110O6/c1-6-8-9-10-11-12-13-21-27-32-37-42-47-55(58)61-50-54(51-62-56(59)48-43-38-33-28-24-23-26-31-36-41-46-53(5)7-2)63-57(60)49-44-39-34-29-22-19-17-15-14-16-18-20-25-30-35-40-45-52(3)4/h52-54H,6-51H2,1-5H3/t53?,54-/m1/s1. The quantitative estimate of drug-likeness (QED) is 0.0344. The summed E-state index contributed by atoms with van der Waals surface area (Å²) in [5, 5.41) is 0. The summed E-state index contributed by atoms with van der Waals surface area (Å²) in [6.45, 7) is 11.4. The maximum atomic E-state index is 12.8. The first-order valence-corrected chi connectivity index (χ1v) is 28.3. The van der Waals surface area contributed by atoms with Crippen LogP contribution in [0.25, 0.3) is 0 Å². The van der Waals surface area contributed by atoms with E-state index in [1.54, 1.807) is 0 Å². The minimum absolute atomic E-state index is 0.0630. The van der Waals surface area contributed by atoms with Gasteiger partial charge in [0, 0.05) is 19.3 Å². The first-order chi connectivity index (χ1) is 30.8. The number of ether oxygens (including phenoxy) is 3. The molecule has 0 aliphatic heterocycles. The third kappa shape index (κ3) is 49.7. The smallest absolute Gasteiger partial charge is 0.306 e. The molecule has 0 aromatic heterocycles. The van der Waals surface area contributed by atoms with Crippen LogP contribution in [0.4, 0.5) is 0 Å². The molecule has 374 valence electrons. The largest absolute Gasteiger partial charge is 0.462 e. The molecular weight excluding hydrogens is 781 g/mol. The minimum atomic E-state index is -0.762. The topological polar surface area (TPSA) is 78.9 Å². The van der Waals surface area contributed by atoms with Crippen LogP contribution >= 0.6 is 0 Å². The second-order valence-corrected chi connectivity index (χ2v) is 20.3. The van der Waals surface area contributed by atoms with E-state index < -0.39 is 6.10 Å². The molecule has 0 rings (SSSR count). The van der Waals surface area contributed by atoms with Gasteiger partial charge in [-0.2, -0.15) is 0 Å². The molecule has 0 aromatic rings. The fourth-order valence-corrected chi connectivity index (χ4v) is 8.66. The van der Waals surface area contributed by atoms with Gasteiger partial charge < -0.3 is 14.2 Å². The molecule has 1 unspecified atom stereocenters. The normalized spacial score (nSPS) is 12.5. The van der Waals surface area contributed by atoms with Gasteiger partial charge in [-0.15, -0.1) is 0 Å². The van der Waals surface area contributed by atoms with E-state index in [9.17, 15) is 14.4 Å². The molecule has 0 radical (unpaired) electrons. The highest BCUT2D eigenvalue weighted by Gasteiger charge is 2.19. The Morgan fingerprint density at radius 2 is 0.603 bits per heavy atom. The van der Waals surface area contributed by atoms with Crippen molar-refractivity contribution in [3.05, 3.63) is 0 Å². The fourth-order valence-electron chi connectivity index (χ4n) is 8.66. The predicted octanol–water partition coefficient (Wildman–Crippen LogP) is 18.5. The van der Waals surface area contributed by atoms with Crippen molar-refractivity contribution in [1.29, 1.82) is 0 Å². The molecule has 0 aromatic carbocycles. The first-order valence-electron chi connectivity index (χ1n) is 28.3. The number of esters is 3. The summed E-state index contributed by atoms with van der Waals surface area (Å²) >= 11 is 0.